The van der Waals surface area contributed by atoms with E-state index in [4.69, 9.17) is 4.74 Å². The molecule has 1 saturated carbocycles. The lowest BCUT2D eigenvalue weighted by Gasteiger charge is -2.39. The number of aromatic nitrogens is 1. The van der Waals surface area contributed by atoms with Crippen LogP contribution in [0.5, 0.6) is 0 Å². The molecule has 1 aliphatic rings. The van der Waals surface area contributed by atoms with Crippen molar-refractivity contribution in [1.82, 2.24) is 10.3 Å². The van der Waals surface area contributed by atoms with Gasteiger partial charge in [-0.1, -0.05) is 19.3 Å². The van der Waals surface area contributed by atoms with Crippen molar-refractivity contribution in [1.29, 1.82) is 0 Å². The van der Waals surface area contributed by atoms with Crippen molar-refractivity contribution in [3.8, 4) is 0 Å². The third-order valence-electron chi connectivity index (χ3n) is 4.10. The van der Waals surface area contributed by atoms with E-state index in [2.05, 4.69) is 22.6 Å². The van der Waals surface area contributed by atoms with Gasteiger partial charge in [0, 0.05) is 25.2 Å². The summed E-state index contributed by atoms with van der Waals surface area (Å²) >= 11 is 1.77. The molecule has 1 aromatic heterocycles. The molecule has 0 amide bonds. The Bertz CT molecular complexity index is 336. The zero-order chi connectivity index (χ0) is 12.8. The molecule has 1 unspecified atom stereocenters. The summed E-state index contributed by atoms with van der Waals surface area (Å²) in [5, 5.41) is 7.00. The Balaban J connectivity index is 2.10. The van der Waals surface area contributed by atoms with Gasteiger partial charge in [-0.2, -0.15) is 0 Å². The second-order valence-electron chi connectivity index (χ2n) is 5.29. The summed E-state index contributed by atoms with van der Waals surface area (Å²) in [6.07, 6.45) is 8.66. The zero-order valence-corrected chi connectivity index (χ0v) is 12.3. The van der Waals surface area contributed by atoms with Crippen LogP contribution in [0.3, 0.4) is 0 Å². The average molecular weight is 268 g/mol. The highest BCUT2D eigenvalue weighted by atomic mass is 32.1. The van der Waals surface area contributed by atoms with Crippen molar-refractivity contribution in [3.63, 3.8) is 0 Å². The van der Waals surface area contributed by atoms with Gasteiger partial charge >= 0.3 is 0 Å². The summed E-state index contributed by atoms with van der Waals surface area (Å²) in [4.78, 5) is 4.56. The van der Waals surface area contributed by atoms with Gasteiger partial charge in [0.15, 0.2) is 0 Å². The second kappa shape index (κ2) is 6.64. The van der Waals surface area contributed by atoms with Crippen LogP contribution < -0.4 is 5.32 Å². The van der Waals surface area contributed by atoms with E-state index in [9.17, 15) is 0 Å². The van der Waals surface area contributed by atoms with Gasteiger partial charge < -0.3 is 10.1 Å². The van der Waals surface area contributed by atoms with Gasteiger partial charge in [0.2, 0.25) is 0 Å². The topological polar surface area (TPSA) is 34.1 Å². The van der Waals surface area contributed by atoms with E-state index in [1.807, 2.05) is 6.20 Å². The van der Waals surface area contributed by atoms with Crippen molar-refractivity contribution in [2.75, 3.05) is 20.3 Å². The van der Waals surface area contributed by atoms with E-state index in [1.54, 1.807) is 18.4 Å². The fourth-order valence-electron chi connectivity index (χ4n) is 2.97. The van der Waals surface area contributed by atoms with E-state index in [1.165, 1.54) is 37.1 Å². The van der Waals surface area contributed by atoms with Gasteiger partial charge in [0.05, 0.1) is 12.1 Å². The number of rotatable bonds is 6. The van der Waals surface area contributed by atoms with Crippen molar-refractivity contribution < 1.29 is 4.74 Å². The van der Waals surface area contributed by atoms with Crippen LogP contribution in [0.25, 0.3) is 0 Å². The van der Waals surface area contributed by atoms with Crippen LogP contribution in [0.4, 0.5) is 0 Å². The number of nitrogens with one attached hydrogen (secondary N) is 1. The van der Waals surface area contributed by atoms with E-state index in [0.29, 0.717) is 5.92 Å². The fraction of sp³-hybridized carbons (Fsp3) is 0.786. The van der Waals surface area contributed by atoms with Crippen LogP contribution in [0.2, 0.25) is 0 Å². The van der Waals surface area contributed by atoms with Gasteiger partial charge in [-0.3, -0.25) is 0 Å². The third-order valence-corrected chi connectivity index (χ3v) is 5.11. The minimum Gasteiger partial charge on any atom is -0.383 e. The summed E-state index contributed by atoms with van der Waals surface area (Å²) in [6.45, 7) is 3.97. The molecule has 0 aliphatic heterocycles. The molecule has 1 aliphatic carbocycles. The molecule has 1 aromatic rings. The van der Waals surface area contributed by atoms with Gasteiger partial charge in [0.1, 0.15) is 5.01 Å². The molecule has 102 valence electrons. The zero-order valence-electron chi connectivity index (χ0n) is 11.4. The molecule has 0 saturated heterocycles. The Morgan fingerprint density at radius 2 is 2.22 bits per heavy atom. The number of nitrogens with zero attached hydrogens (tertiary/aromatic N) is 1. The number of hydrogen-bond acceptors (Lipinski definition) is 4. The molecule has 18 heavy (non-hydrogen) atoms. The fourth-order valence-corrected chi connectivity index (χ4v) is 3.82. The van der Waals surface area contributed by atoms with Gasteiger partial charge in [0.25, 0.3) is 0 Å². The number of ether oxygens (including phenoxy) is 1. The normalized spacial score (nSPS) is 20.8. The van der Waals surface area contributed by atoms with Crippen LogP contribution in [-0.4, -0.2) is 25.2 Å². The lowest BCUT2D eigenvalue weighted by Crippen LogP contribution is -2.47. The monoisotopic (exact) mass is 268 g/mol. The van der Waals surface area contributed by atoms with E-state index in [0.717, 1.165) is 13.2 Å². The van der Waals surface area contributed by atoms with Crippen LogP contribution >= 0.6 is 11.3 Å². The molecule has 1 heterocycles. The van der Waals surface area contributed by atoms with Crippen molar-refractivity contribution in [2.45, 2.75) is 44.6 Å². The van der Waals surface area contributed by atoms with E-state index < -0.39 is 0 Å². The predicted molar refractivity (Wildman–Crippen MR) is 75.9 cm³/mol. The van der Waals surface area contributed by atoms with Crippen LogP contribution in [-0.2, 0) is 10.3 Å². The molecule has 3 nitrogen and oxygen atoms in total. The molecule has 2 rings (SSSR count). The van der Waals surface area contributed by atoms with Gasteiger partial charge in [-0.05, 0) is 25.7 Å². The van der Waals surface area contributed by atoms with Gasteiger partial charge in [-0.15, -0.1) is 11.3 Å². The first kappa shape index (κ1) is 14.0. The highest BCUT2D eigenvalue weighted by Crippen LogP contribution is 2.39. The number of methoxy groups -OCH3 is 1. The minimum absolute atomic E-state index is 0.0209. The maximum atomic E-state index is 5.16. The maximum absolute atomic E-state index is 5.16. The number of thiazole rings is 1. The standard InChI is InChI=1S/C14H24N2OS/c1-14(16-8-10-17-2,13-15-9-11-18-13)12-6-4-3-5-7-12/h9,11-12,16H,3-8,10H2,1-2H3. The molecule has 0 spiro atoms. The van der Waals surface area contributed by atoms with Crippen LogP contribution in [0, 0.1) is 5.92 Å². The first-order valence-corrected chi connectivity index (χ1v) is 7.79. The second-order valence-corrected chi connectivity index (χ2v) is 6.19. The molecular formula is C14H24N2OS. The quantitative estimate of drug-likeness (QED) is 0.805. The Labute approximate surface area is 114 Å². The minimum atomic E-state index is 0.0209. The molecular weight excluding hydrogens is 244 g/mol. The summed E-state index contributed by atoms with van der Waals surface area (Å²) < 4.78 is 5.16. The summed E-state index contributed by atoms with van der Waals surface area (Å²) in [5.74, 6) is 0.703. The SMILES string of the molecule is COCCNC(C)(c1nccs1)C1CCCCC1. The Kier molecular flexibility index (Phi) is 5.15. The maximum Gasteiger partial charge on any atom is 0.113 e. The highest BCUT2D eigenvalue weighted by Gasteiger charge is 2.37. The van der Waals surface area contributed by atoms with Gasteiger partial charge in [-0.25, -0.2) is 4.98 Å². The first-order valence-electron chi connectivity index (χ1n) is 6.91. The summed E-state index contributed by atoms with van der Waals surface area (Å²) in [5.41, 5.74) is 0.0209. The molecule has 0 bridgehead atoms. The molecule has 1 N–H and O–H groups in total. The van der Waals surface area contributed by atoms with E-state index in [-0.39, 0.29) is 5.54 Å². The van der Waals surface area contributed by atoms with Crippen molar-refractivity contribution in [2.24, 2.45) is 5.92 Å². The largest absolute Gasteiger partial charge is 0.383 e. The Morgan fingerprint density at radius 1 is 1.44 bits per heavy atom. The highest BCUT2D eigenvalue weighted by molar-refractivity contribution is 7.09. The molecule has 1 atom stereocenters. The van der Waals surface area contributed by atoms with Crippen molar-refractivity contribution in [3.05, 3.63) is 16.6 Å². The Morgan fingerprint density at radius 3 is 2.83 bits per heavy atom. The molecule has 0 radical (unpaired) electrons. The lowest BCUT2D eigenvalue weighted by molar-refractivity contribution is 0.145. The summed E-state index contributed by atoms with van der Waals surface area (Å²) in [6, 6.07) is 0. The van der Waals surface area contributed by atoms with E-state index >= 15 is 0 Å². The third kappa shape index (κ3) is 3.11. The smallest absolute Gasteiger partial charge is 0.113 e. The van der Waals surface area contributed by atoms with Crippen LogP contribution in [0.1, 0.15) is 44.0 Å². The molecule has 1 fully saturated rings. The summed E-state index contributed by atoms with van der Waals surface area (Å²) in [7, 11) is 1.75. The predicted octanol–water partition coefficient (Wildman–Crippen LogP) is 3.17. The average Bonchev–Trinajstić information content (AvgIpc) is 2.94. The van der Waals surface area contributed by atoms with Crippen molar-refractivity contribution >= 4 is 11.3 Å². The Hall–Kier alpha value is -0.450. The lowest BCUT2D eigenvalue weighted by atomic mass is 9.76. The first-order chi connectivity index (χ1) is 8.77. The molecule has 4 heteroatoms. The van der Waals surface area contributed by atoms with Crippen LogP contribution in [0.15, 0.2) is 11.6 Å². The molecule has 0 aromatic carbocycles. The number of hydrogen-bond donors (Lipinski definition) is 1.